The first kappa shape index (κ1) is 32.2. The summed E-state index contributed by atoms with van der Waals surface area (Å²) in [5, 5.41) is -0.518. The van der Waals surface area contributed by atoms with Crippen LogP contribution in [0.15, 0.2) is 48.5 Å². The van der Waals surface area contributed by atoms with Crippen molar-refractivity contribution >= 4 is 16.8 Å². The molecule has 0 spiro atoms. The summed E-state index contributed by atoms with van der Waals surface area (Å²) in [4.78, 5) is 11.9. The maximum absolute atomic E-state index is 11.9. The van der Waals surface area contributed by atoms with Crippen LogP contribution in [0.2, 0.25) is 0 Å². The van der Waals surface area contributed by atoms with Gasteiger partial charge in [0.15, 0.2) is 0 Å². The van der Waals surface area contributed by atoms with E-state index in [2.05, 4.69) is 19.1 Å². The molecule has 0 aromatic heterocycles. The normalized spacial score (nSPS) is 11.0. The summed E-state index contributed by atoms with van der Waals surface area (Å²) in [6.45, 7) is 3.47. The third-order valence-electron chi connectivity index (χ3n) is 7.14. The Kier molecular flexibility index (Phi) is 18.5. The SMILES string of the molecule is CCCCCCCCCCCCCCCCCCOc1ccc(OCCCc2ccccc2)c(C(=O)Cl)c1. The van der Waals surface area contributed by atoms with Gasteiger partial charge in [-0.25, -0.2) is 0 Å². The van der Waals surface area contributed by atoms with Gasteiger partial charge in [-0.15, -0.1) is 0 Å². The molecule has 38 heavy (non-hydrogen) atoms. The molecule has 3 nitrogen and oxygen atoms in total. The van der Waals surface area contributed by atoms with Crippen molar-refractivity contribution < 1.29 is 14.3 Å². The number of unbranched alkanes of at least 4 members (excludes halogenated alkanes) is 15. The molecule has 2 rings (SSSR count). The van der Waals surface area contributed by atoms with E-state index in [1.807, 2.05) is 24.3 Å². The van der Waals surface area contributed by atoms with Crippen molar-refractivity contribution in [1.29, 1.82) is 0 Å². The lowest BCUT2D eigenvalue weighted by Crippen LogP contribution is -2.04. The lowest BCUT2D eigenvalue weighted by molar-refractivity contribution is 0.107. The minimum absolute atomic E-state index is 0.371. The van der Waals surface area contributed by atoms with Crippen LogP contribution in [0.3, 0.4) is 0 Å². The summed E-state index contributed by atoms with van der Waals surface area (Å²) in [5.74, 6) is 1.19. The average molecular weight is 543 g/mol. The molecule has 0 saturated heterocycles. The zero-order chi connectivity index (χ0) is 27.1. The van der Waals surface area contributed by atoms with E-state index in [0.717, 1.165) is 19.3 Å². The molecule has 0 aliphatic carbocycles. The molecule has 0 unspecified atom stereocenters. The van der Waals surface area contributed by atoms with Gasteiger partial charge in [-0.05, 0) is 54.6 Å². The number of benzene rings is 2. The second-order valence-electron chi connectivity index (χ2n) is 10.5. The molecule has 0 saturated carbocycles. The van der Waals surface area contributed by atoms with Crippen LogP contribution >= 0.6 is 11.6 Å². The second kappa shape index (κ2) is 21.9. The van der Waals surface area contributed by atoms with Crippen molar-refractivity contribution in [1.82, 2.24) is 0 Å². The first-order chi connectivity index (χ1) is 18.7. The second-order valence-corrected chi connectivity index (χ2v) is 10.9. The van der Waals surface area contributed by atoms with E-state index in [1.54, 1.807) is 12.1 Å². The summed E-state index contributed by atoms with van der Waals surface area (Å²) in [7, 11) is 0. The molecular formula is C34H51ClO3. The number of rotatable bonds is 24. The predicted octanol–water partition coefficient (Wildman–Crippen LogP) is 10.7. The zero-order valence-corrected chi connectivity index (χ0v) is 24.6. The van der Waals surface area contributed by atoms with Crippen LogP contribution in [0.1, 0.15) is 132 Å². The van der Waals surface area contributed by atoms with E-state index < -0.39 is 5.24 Å². The van der Waals surface area contributed by atoms with Gasteiger partial charge in [0.05, 0.1) is 18.8 Å². The lowest BCUT2D eigenvalue weighted by atomic mass is 10.0. The van der Waals surface area contributed by atoms with Crippen LogP contribution in [-0.4, -0.2) is 18.5 Å². The topological polar surface area (TPSA) is 35.5 Å². The Balaban J connectivity index is 1.47. The first-order valence-corrected chi connectivity index (χ1v) is 15.7. The Hall–Kier alpha value is -2.00. The third-order valence-corrected chi connectivity index (χ3v) is 7.34. The highest BCUT2D eigenvalue weighted by molar-refractivity contribution is 6.68. The number of aryl methyl sites for hydroxylation is 1. The minimum atomic E-state index is -0.518. The van der Waals surface area contributed by atoms with E-state index in [4.69, 9.17) is 21.1 Å². The van der Waals surface area contributed by atoms with Crippen molar-refractivity contribution in [3.8, 4) is 11.5 Å². The highest BCUT2D eigenvalue weighted by Crippen LogP contribution is 2.26. The quantitative estimate of drug-likeness (QED) is 0.0976. The standard InChI is InChI=1S/C34H51ClO3/c1-2-3-4-5-6-7-8-9-10-11-12-13-14-15-16-20-27-37-31-25-26-33(32(29-31)34(35)36)38-28-21-24-30-22-18-17-19-23-30/h17-19,22-23,25-26,29H,2-16,20-21,24,27-28H2,1H3. The summed E-state index contributed by atoms with van der Waals surface area (Å²) in [6, 6.07) is 15.7. The van der Waals surface area contributed by atoms with E-state index in [9.17, 15) is 4.79 Å². The van der Waals surface area contributed by atoms with Crippen molar-refractivity contribution in [2.75, 3.05) is 13.2 Å². The van der Waals surface area contributed by atoms with Crippen molar-refractivity contribution in [2.24, 2.45) is 0 Å². The number of hydrogen-bond donors (Lipinski definition) is 0. The minimum Gasteiger partial charge on any atom is -0.494 e. The van der Waals surface area contributed by atoms with Gasteiger partial charge >= 0.3 is 0 Å². The van der Waals surface area contributed by atoms with Crippen molar-refractivity contribution in [2.45, 2.75) is 122 Å². The van der Waals surface area contributed by atoms with Gasteiger partial charge in [-0.3, -0.25) is 4.79 Å². The summed E-state index contributed by atoms with van der Waals surface area (Å²) >= 11 is 5.82. The molecule has 212 valence electrons. The van der Waals surface area contributed by atoms with E-state index in [0.29, 0.717) is 30.3 Å². The molecule has 2 aromatic rings. The van der Waals surface area contributed by atoms with Gasteiger partial charge in [0.25, 0.3) is 5.24 Å². The molecule has 0 heterocycles. The number of ether oxygens (including phenoxy) is 2. The molecule has 0 atom stereocenters. The van der Waals surface area contributed by atoms with Crippen LogP contribution in [0.5, 0.6) is 11.5 Å². The van der Waals surface area contributed by atoms with Gasteiger partial charge in [-0.2, -0.15) is 0 Å². The fraction of sp³-hybridized carbons (Fsp3) is 0.618. The Morgan fingerprint density at radius 2 is 1.16 bits per heavy atom. The fourth-order valence-corrected chi connectivity index (χ4v) is 4.97. The number of halogens is 1. The number of carbonyl (C=O) groups excluding carboxylic acids is 1. The first-order valence-electron chi connectivity index (χ1n) is 15.3. The predicted molar refractivity (Wildman–Crippen MR) is 162 cm³/mol. The smallest absolute Gasteiger partial charge is 0.256 e. The molecule has 0 radical (unpaired) electrons. The highest BCUT2D eigenvalue weighted by atomic mass is 35.5. The Labute approximate surface area is 237 Å². The molecule has 0 aliphatic rings. The third kappa shape index (κ3) is 15.4. The number of carbonyl (C=O) groups is 1. The maximum atomic E-state index is 11.9. The zero-order valence-electron chi connectivity index (χ0n) is 23.9. The van der Waals surface area contributed by atoms with Gasteiger partial charge < -0.3 is 9.47 Å². The molecule has 0 N–H and O–H groups in total. The van der Waals surface area contributed by atoms with Crippen LogP contribution in [0.25, 0.3) is 0 Å². The molecule has 0 fully saturated rings. The van der Waals surface area contributed by atoms with Crippen LogP contribution in [0.4, 0.5) is 0 Å². The van der Waals surface area contributed by atoms with Crippen LogP contribution in [-0.2, 0) is 6.42 Å². The number of hydrogen-bond acceptors (Lipinski definition) is 3. The maximum Gasteiger partial charge on any atom is 0.256 e. The molecule has 2 aromatic carbocycles. The molecule has 0 aliphatic heterocycles. The largest absolute Gasteiger partial charge is 0.494 e. The average Bonchev–Trinajstić information content (AvgIpc) is 2.93. The fourth-order valence-electron chi connectivity index (χ4n) is 4.82. The summed E-state index contributed by atoms with van der Waals surface area (Å²) in [5.41, 5.74) is 1.65. The van der Waals surface area contributed by atoms with Crippen LogP contribution < -0.4 is 9.47 Å². The van der Waals surface area contributed by atoms with Gasteiger partial charge in [-0.1, -0.05) is 134 Å². The highest BCUT2D eigenvalue weighted by Gasteiger charge is 2.12. The Bertz CT molecular complexity index is 852. The molecule has 0 bridgehead atoms. The van der Waals surface area contributed by atoms with E-state index >= 15 is 0 Å². The monoisotopic (exact) mass is 542 g/mol. The summed E-state index contributed by atoms with van der Waals surface area (Å²) in [6.07, 6.45) is 23.5. The lowest BCUT2D eigenvalue weighted by Gasteiger charge is -2.12. The van der Waals surface area contributed by atoms with Gasteiger partial charge in [0, 0.05) is 0 Å². The molecule has 0 amide bonds. The molecular weight excluding hydrogens is 492 g/mol. The van der Waals surface area contributed by atoms with Crippen molar-refractivity contribution in [3.05, 3.63) is 59.7 Å². The van der Waals surface area contributed by atoms with Gasteiger partial charge in [0.1, 0.15) is 11.5 Å². The molecule has 4 heteroatoms. The Morgan fingerprint density at radius 3 is 1.71 bits per heavy atom. The van der Waals surface area contributed by atoms with E-state index in [-0.39, 0.29) is 0 Å². The summed E-state index contributed by atoms with van der Waals surface area (Å²) < 4.78 is 11.7. The van der Waals surface area contributed by atoms with E-state index in [1.165, 1.54) is 102 Å². The Morgan fingerprint density at radius 1 is 0.632 bits per heavy atom. The van der Waals surface area contributed by atoms with Crippen molar-refractivity contribution in [3.63, 3.8) is 0 Å². The van der Waals surface area contributed by atoms with Gasteiger partial charge in [0.2, 0.25) is 0 Å². The van der Waals surface area contributed by atoms with Crippen LogP contribution in [0, 0.1) is 0 Å².